The van der Waals surface area contributed by atoms with E-state index in [0.717, 1.165) is 0 Å². The maximum Gasteiger partial charge on any atom is 0.216 e. The van der Waals surface area contributed by atoms with Crippen LogP contribution in [0.15, 0.2) is 30.3 Å². The molecule has 1 heterocycles. The van der Waals surface area contributed by atoms with Crippen LogP contribution in [0.1, 0.15) is 52.1 Å². The zero-order valence-corrected chi connectivity index (χ0v) is 16.8. The van der Waals surface area contributed by atoms with Crippen molar-refractivity contribution >= 4 is 10.0 Å². The Hall–Kier alpha value is -0.990. The van der Waals surface area contributed by atoms with Gasteiger partial charge in [-0.05, 0) is 33.3 Å². The average molecular weight is 383 g/mol. The number of hydrogen-bond acceptors (Lipinski definition) is 5. The molecule has 1 saturated carbocycles. The highest BCUT2D eigenvalue weighted by Crippen LogP contribution is 2.39. The first-order chi connectivity index (χ1) is 12.1. The third kappa shape index (κ3) is 4.12. The molecule has 1 aromatic rings. The Morgan fingerprint density at radius 2 is 1.65 bits per heavy atom. The van der Waals surface area contributed by atoms with Gasteiger partial charge in [0.25, 0.3) is 0 Å². The fraction of sp³-hybridized carbons (Fsp3) is 0.684. The molecule has 3 rings (SSSR count). The predicted molar refractivity (Wildman–Crippen MR) is 101 cm³/mol. The van der Waals surface area contributed by atoms with Crippen LogP contribution in [0.3, 0.4) is 0 Å². The van der Waals surface area contributed by atoms with E-state index in [2.05, 4.69) is 29.1 Å². The van der Waals surface area contributed by atoms with Gasteiger partial charge in [0.1, 0.15) is 0 Å². The number of rotatable bonds is 5. The van der Waals surface area contributed by atoms with Gasteiger partial charge in [-0.3, -0.25) is 0 Å². The molecular formula is C19H30N2O4S. The van der Waals surface area contributed by atoms with Gasteiger partial charge in [0.05, 0.1) is 18.0 Å². The summed E-state index contributed by atoms with van der Waals surface area (Å²) in [6, 6.07) is 9.89. The van der Waals surface area contributed by atoms with Gasteiger partial charge in [0, 0.05) is 31.0 Å². The first-order valence-electron chi connectivity index (χ1n) is 9.23. The van der Waals surface area contributed by atoms with E-state index >= 15 is 0 Å². The van der Waals surface area contributed by atoms with Gasteiger partial charge in [0.2, 0.25) is 10.0 Å². The number of benzene rings is 1. The SMILES string of the molecule is C[C@@H](NC1CC2(CC1NS(=O)(=O)C(C)(C)C)OCCO2)c1ccccc1. The minimum absolute atomic E-state index is 0.0690. The first-order valence-corrected chi connectivity index (χ1v) is 10.7. The molecule has 6 nitrogen and oxygen atoms in total. The van der Waals surface area contributed by atoms with Crippen molar-refractivity contribution in [1.82, 2.24) is 10.0 Å². The largest absolute Gasteiger partial charge is 0.347 e. The lowest BCUT2D eigenvalue weighted by Gasteiger charge is -2.28. The minimum Gasteiger partial charge on any atom is -0.347 e. The highest BCUT2D eigenvalue weighted by atomic mass is 32.2. The Balaban J connectivity index is 1.78. The lowest BCUT2D eigenvalue weighted by atomic mass is 10.1. The second kappa shape index (κ2) is 7.20. The monoisotopic (exact) mass is 382 g/mol. The molecule has 1 aliphatic heterocycles. The minimum atomic E-state index is -3.46. The van der Waals surface area contributed by atoms with Crippen LogP contribution in [0.25, 0.3) is 0 Å². The molecule has 146 valence electrons. The summed E-state index contributed by atoms with van der Waals surface area (Å²) in [5.41, 5.74) is 1.17. The Morgan fingerprint density at radius 3 is 2.23 bits per heavy atom. The Morgan fingerprint density at radius 1 is 1.08 bits per heavy atom. The Kier molecular flexibility index (Phi) is 5.48. The maximum absolute atomic E-state index is 12.7. The zero-order chi connectivity index (χ0) is 19.0. The van der Waals surface area contributed by atoms with Crippen molar-refractivity contribution in [3.8, 4) is 0 Å². The standard InChI is InChI=1S/C19H30N2O4S/c1-14(15-8-6-5-7-9-15)20-16-12-19(24-10-11-25-19)13-17(16)21-26(22,23)18(2,3)4/h5-9,14,16-17,20-21H,10-13H2,1-4H3/t14-,16?,17?/m1/s1. The third-order valence-corrected chi connectivity index (χ3v) is 7.46. The predicted octanol–water partition coefficient (Wildman–Crippen LogP) is 2.33. The molecule has 0 bridgehead atoms. The molecule has 2 unspecified atom stereocenters. The molecule has 0 aromatic heterocycles. The summed E-state index contributed by atoms with van der Waals surface area (Å²) in [6.45, 7) is 8.32. The molecule has 0 radical (unpaired) electrons. The summed E-state index contributed by atoms with van der Waals surface area (Å²) < 4.78 is 39.1. The second-order valence-corrected chi connectivity index (χ2v) is 10.7. The van der Waals surface area contributed by atoms with E-state index in [1.807, 2.05) is 18.2 Å². The lowest BCUT2D eigenvalue weighted by molar-refractivity contribution is -0.152. The summed E-state index contributed by atoms with van der Waals surface area (Å²) in [5, 5.41) is 3.58. The Labute approximate surface area is 156 Å². The van der Waals surface area contributed by atoms with Crippen LogP contribution in [0.4, 0.5) is 0 Å². The van der Waals surface area contributed by atoms with E-state index in [9.17, 15) is 8.42 Å². The molecular weight excluding hydrogens is 352 g/mol. The van der Waals surface area contributed by atoms with Crippen molar-refractivity contribution in [3.63, 3.8) is 0 Å². The van der Waals surface area contributed by atoms with Crippen LogP contribution in [0, 0.1) is 0 Å². The molecule has 2 aliphatic rings. The molecule has 1 saturated heterocycles. The highest BCUT2D eigenvalue weighted by molar-refractivity contribution is 7.90. The van der Waals surface area contributed by atoms with Crippen molar-refractivity contribution in [2.24, 2.45) is 0 Å². The van der Waals surface area contributed by atoms with E-state index in [0.29, 0.717) is 26.1 Å². The molecule has 7 heteroatoms. The summed E-state index contributed by atoms with van der Waals surface area (Å²) in [7, 11) is -3.46. The summed E-state index contributed by atoms with van der Waals surface area (Å²) >= 11 is 0. The molecule has 1 aromatic carbocycles. The second-order valence-electron chi connectivity index (χ2n) is 8.26. The fourth-order valence-corrected chi connectivity index (χ4v) is 4.60. The average Bonchev–Trinajstić information content (AvgIpc) is 3.14. The summed E-state index contributed by atoms with van der Waals surface area (Å²) in [4.78, 5) is 0. The molecule has 26 heavy (non-hydrogen) atoms. The zero-order valence-electron chi connectivity index (χ0n) is 16.0. The van der Waals surface area contributed by atoms with Gasteiger partial charge in [-0.25, -0.2) is 13.1 Å². The molecule has 1 aliphatic carbocycles. The molecule has 2 N–H and O–H groups in total. The number of hydrogen-bond donors (Lipinski definition) is 2. The first kappa shape index (κ1) is 19.8. The van der Waals surface area contributed by atoms with E-state index < -0.39 is 20.6 Å². The van der Waals surface area contributed by atoms with Crippen molar-refractivity contribution in [2.45, 2.75) is 69.2 Å². The summed E-state index contributed by atoms with van der Waals surface area (Å²) in [5.74, 6) is -0.681. The van der Waals surface area contributed by atoms with Crippen LogP contribution in [-0.2, 0) is 19.5 Å². The lowest BCUT2D eigenvalue weighted by Crippen LogP contribution is -2.51. The van der Waals surface area contributed by atoms with Gasteiger partial charge in [-0.1, -0.05) is 30.3 Å². The maximum atomic E-state index is 12.7. The van der Waals surface area contributed by atoms with E-state index in [4.69, 9.17) is 9.47 Å². The van der Waals surface area contributed by atoms with Crippen molar-refractivity contribution < 1.29 is 17.9 Å². The fourth-order valence-electron chi connectivity index (χ4n) is 3.60. The van der Waals surface area contributed by atoms with E-state index in [-0.39, 0.29) is 18.1 Å². The molecule has 2 fully saturated rings. The van der Waals surface area contributed by atoms with Gasteiger partial charge < -0.3 is 14.8 Å². The summed E-state index contributed by atoms with van der Waals surface area (Å²) in [6.07, 6.45) is 1.14. The van der Waals surface area contributed by atoms with Crippen LogP contribution >= 0.6 is 0 Å². The van der Waals surface area contributed by atoms with Crippen LogP contribution in [0.2, 0.25) is 0 Å². The third-order valence-electron chi connectivity index (χ3n) is 5.24. The normalized spacial score (nSPS) is 27.1. The van der Waals surface area contributed by atoms with Gasteiger partial charge in [-0.15, -0.1) is 0 Å². The molecule has 1 spiro atoms. The van der Waals surface area contributed by atoms with Gasteiger partial charge in [0.15, 0.2) is 5.79 Å². The topological polar surface area (TPSA) is 76.7 Å². The van der Waals surface area contributed by atoms with Gasteiger partial charge in [-0.2, -0.15) is 0 Å². The van der Waals surface area contributed by atoms with Crippen molar-refractivity contribution in [1.29, 1.82) is 0 Å². The molecule has 3 atom stereocenters. The van der Waals surface area contributed by atoms with Gasteiger partial charge >= 0.3 is 0 Å². The smallest absolute Gasteiger partial charge is 0.216 e. The highest BCUT2D eigenvalue weighted by Gasteiger charge is 2.51. The quantitative estimate of drug-likeness (QED) is 0.817. The Bertz CT molecular complexity index is 709. The van der Waals surface area contributed by atoms with Crippen LogP contribution in [-0.4, -0.2) is 44.2 Å². The molecule has 0 amide bonds. The van der Waals surface area contributed by atoms with E-state index in [1.165, 1.54) is 5.56 Å². The van der Waals surface area contributed by atoms with Crippen molar-refractivity contribution in [3.05, 3.63) is 35.9 Å². The van der Waals surface area contributed by atoms with Crippen LogP contribution in [0.5, 0.6) is 0 Å². The van der Waals surface area contributed by atoms with Crippen LogP contribution < -0.4 is 10.0 Å². The number of nitrogens with one attached hydrogen (secondary N) is 2. The van der Waals surface area contributed by atoms with Crippen molar-refractivity contribution in [2.75, 3.05) is 13.2 Å². The number of sulfonamides is 1. The number of ether oxygens (including phenoxy) is 2. The van der Waals surface area contributed by atoms with E-state index in [1.54, 1.807) is 20.8 Å².